The quantitative estimate of drug-likeness (QED) is 0.763. The normalized spacial score (nSPS) is 30.7. The fourth-order valence-electron chi connectivity index (χ4n) is 4.99. The molecular weight excluding hydrogens is 318 g/mol. The first-order valence-corrected chi connectivity index (χ1v) is 9.79. The molecule has 3 aliphatic heterocycles. The Labute approximate surface area is 150 Å². The van der Waals surface area contributed by atoms with Crippen LogP contribution in [0, 0.1) is 0 Å². The van der Waals surface area contributed by atoms with E-state index in [4.69, 9.17) is 0 Å². The molecule has 0 aromatic heterocycles. The number of likely N-dealkylation sites (tertiary alicyclic amines) is 3. The van der Waals surface area contributed by atoms with E-state index in [9.17, 15) is 14.4 Å². The van der Waals surface area contributed by atoms with Gasteiger partial charge in [-0.1, -0.05) is 6.42 Å². The van der Waals surface area contributed by atoms with Crippen molar-refractivity contribution in [2.75, 3.05) is 26.2 Å². The average molecular weight is 349 g/mol. The van der Waals surface area contributed by atoms with Gasteiger partial charge in [-0.2, -0.15) is 0 Å². The smallest absolute Gasteiger partial charge is 0.242 e. The number of carbonyl (C=O) groups is 3. The second-order valence-corrected chi connectivity index (χ2v) is 8.00. The Morgan fingerprint density at radius 3 is 2.64 bits per heavy atom. The highest BCUT2D eigenvalue weighted by Gasteiger charge is 2.49. The number of hydrogen-bond donors (Lipinski definition) is 0. The summed E-state index contributed by atoms with van der Waals surface area (Å²) in [7, 11) is 0. The Balaban J connectivity index is 1.75. The topological polar surface area (TPSA) is 60.9 Å². The molecule has 3 aliphatic rings. The van der Waals surface area contributed by atoms with E-state index in [0.717, 1.165) is 58.0 Å². The van der Waals surface area contributed by atoms with Gasteiger partial charge in [-0.15, -0.1) is 0 Å². The van der Waals surface area contributed by atoms with E-state index in [1.807, 2.05) is 9.80 Å². The molecule has 6 nitrogen and oxygen atoms in total. The van der Waals surface area contributed by atoms with Crippen molar-refractivity contribution in [1.29, 1.82) is 0 Å². The molecule has 2 atom stereocenters. The molecule has 3 heterocycles. The van der Waals surface area contributed by atoms with Crippen molar-refractivity contribution in [2.45, 2.75) is 76.8 Å². The monoisotopic (exact) mass is 349 g/mol. The third-order valence-electron chi connectivity index (χ3n) is 6.35. The van der Waals surface area contributed by atoms with Crippen molar-refractivity contribution in [3.05, 3.63) is 0 Å². The summed E-state index contributed by atoms with van der Waals surface area (Å²) in [6.07, 6.45) is 7.28. The minimum atomic E-state index is -0.297. The first-order chi connectivity index (χ1) is 11.9. The lowest BCUT2D eigenvalue weighted by molar-refractivity contribution is -0.157. The second kappa shape index (κ2) is 7.34. The number of amides is 3. The van der Waals surface area contributed by atoms with Crippen LogP contribution in [-0.2, 0) is 14.4 Å². The Hall–Kier alpha value is -1.59. The molecule has 0 aromatic rings. The van der Waals surface area contributed by atoms with Crippen molar-refractivity contribution in [3.63, 3.8) is 0 Å². The summed E-state index contributed by atoms with van der Waals surface area (Å²) in [5.74, 6) is 0.263. The molecule has 3 saturated heterocycles. The molecule has 0 aliphatic carbocycles. The van der Waals surface area contributed by atoms with Gasteiger partial charge in [-0.05, 0) is 45.4 Å². The molecule has 3 amide bonds. The zero-order valence-electron chi connectivity index (χ0n) is 15.6. The van der Waals surface area contributed by atoms with Gasteiger partial charge in [-0.25, -0.2) is 0 Å². The van der Waals surface area contributed by atoms with E-state index in [2.05, 4.69) is 6.92 Å². The number of nitrogens with zero attached hydrogens (tertiary/aromatic N) is 3. The molecule has 6 heteroatoms. The number of rotatable bonds is 2. The molecule has 25 heavy (non-hydrogen) atoms. The second-order valence-electron chi connectivity index (χ2n) is 8.00. The van der Waals surface area contributed by atoms with Gasteiger partial charge in [-0.3, -0.25) is 14.4 Å². The van der Waals surface area contributed by atoms with Crippen molar-refractivity contribution >= 4 is 17.7 Å². The SMILES string of the molecule is CC(=O)N1CCC[C@@]2(C)[C@H]1CCCN2C(=O)CN1CCCCCC1=O. The number of hydrogen-bond acceptors (Lipinski definition) is 3. The first kappa shape index (κ1) is 18.2. The van der Waals surface area contributed by atoms with Crippen LogP contribution in [0.5, 0.6) is 0 Å². The lowest BCUT2D eigenvalue weighted by atomic mass is 9.76. The molecule has 0 aromatic carbocycles. The third kappa shape index (κ3) is 3.53. The molecule has 140 valence electrons. The first-order valence-electron chi connectivity index (χ1n) is 9.79. The van der Waals surface area contributed by atoms with Crippen molar-refractivity contribution in [2.24, 2.45) is 0 Å². The molecule has 0 N–H and O–H groups in total. The van der Waals surface area contributed by atoms with Gasteiger partial charge in [0.2, 0.25) is 17.7 Å². The van der Waals surface area contributed by atoms with Gasteiger partial charge < -0.3 is 14.7 Å². The van der Waals surface area contributed by atoms with Gasteiger partial charge in [0, 0.05) is 33.0 Å². The standard InChI is InChI=1S/C19H31N3O3/c1-15(23)21-12-7-10-19(2)16(21)8-6-13-22(19)18(25)14-20-11-5-3-4-9-17(20)24/h16H,3-14H2,1-2H3/t16-,19+/m1/s1. The molecular formula is C19H31N3O3. The number of carbonyl (C=O) groups excluding carboxylic acids is 3. The van der Waals surface area contributed by atoms with Crippen molar-refractivity contribution in [3.8, 4) is 0 Å². The van der Waals surface area contributed by atoms with E-state index in [1.54, 1.807) is 11.8 Å². The maximum Gasteiger partial charge on any atom is 0.242 e. The summed E-state index contributed by atoms with van der Waals surface area (Å²) in [5, 5.41) is 0. The summed E-state index contributed by atoms with van der Waals surface area (Å²) < 4.78 is 0. The van der Waals surface area contributed by atoms with Crippen LogP contribution in [-0.4, -0.2) is 70.2 Å². The highest BCUT2D eigenvalue weighted by Crippen LogP contribution is 2.39. The maximum atomic E-state index is 13.1. The molecule has 0 saturated carbocycles. The predicted molar refractivity (Wildman–Crippen MR) is 94.8 cm³/mol. The van der Waals surface area contributed by atoms with E-state index in [1.165, 1.54) is 0 Å². The van der Waals surface area contributed by atoms with Gasteiger partial charge >= 0.3 is 0 Å². The van der Waals surface area contributed by atoms with Crippen LogP contribution in [0.3, 0.4) is 0 Å². The van der Waals surface area contributed by atoms with Gasteiger partial charge in [0.05, 0.1) is 18.1 Å². The van der Waals surface area contributed by atoms with Crippen LogP contribution in [0.15, 0.2) is 0 Å². The van der Waals surface area contributed by atoms with Gasteiger partial charge in [0.15, 0.2) is 0 Å². The van der Waals surface area contributed by atoms with Crippen molar-refractivity contribution < 1.29 is 14.4 Å². The molecule has 3 fully saturated rings. The van der Waals surface area contributed by atoms with Gasteiger partial charge in [0.25, 0.3) is 0 Å². The van der Waals surface area contributed by atoms with Gasteiger partial charge in [0.1, 0.15) is 0 Å². The Kier molecular flexibility index (Phi) is 5.35. The number of piperidine rings is 2. The maximum absolute atomic E-state index is 13.1. The molecule has 0 spiro atoms. The molecule has 0 bridgehead atoms. The lowest BCUT2D eigenvalue weighted by Crippen LogP contribution is -2.68. The predicted octanol–water partition coefficient (Wildman–Crippen LogP) is 1.78. The summed E-state index contributed by atoms with van der Waals surface area (Å²) in [6, 6.07) is 0.108. The molecule has 0 unspecified atom stereocenters. The minimum absolute atomic E-state index is 0.0489. The van der Waals surface area contributed by atoms with Crippen LogP contribution in [0.1, 0.15) is 65.2 Å². The van der Waals surface area contributed by atoms with E-state index < -0.39 is 0 Å². The lowest BCUT2D eigenvalue weighted by Gasteiger charge is -2.56. The summed E-state index contributed by atoms with van der Waals surface area (Å²) in [5.41, 5.74) is -0.297. The zero-order chi connectivity index (χ0) is 18.0. The summed E-state index contributed by atoms with van der Waals surface area (Å²) in [4.78, 5) is 43.1. The van der Waals surface area contributed by atoms with Crippen LogP contribution >= 0.6 is 0 Å². The summed E-state index contributed by atoms with van der Waals surface area (Å²) in [6.45, 7) is 6.18. The minimum Gasteiger partial charge on any atom is -0.338 e. The third-order valence-corrected chi connectivity index (χ3v) is 6.35. The van der Waals surface area contributed by atoms with Crippen LogP contribution < -0.4 is 0 Å². The molecule has 0 radical (unpaired) electrons. The fourth-order valence-corrected chi connectivity index (χ4v) is 4.99. The molecule has 3 rings (SSSR count). The van der Waals surface area contributed by atoms with Crippen molar-refractivity contribution in [1.82, 2.24) is 14.7 Å². The van der Waals surface area contributed by atoms with E-state index >= 15 is 0 Å². The average Bonchev–Trinajstić information content (AvgIpc) is 2.77. The largest absolute Gasteiger partial charge is 0.338 e. The fraction of sp³-hybridized carbons (Fsp3) is 0.842. The Morgan fingerprint density at radius 2 is 1.88 bits per heavy atom. The van der Waals surface area contributed by atoms with Crippen LogP contribution in [0.2, 0.25) is 0 Å². The van der Waals surface area contributed by atoms with Crippen LogP contribution in [0.25, 0.3) is 0 Å². The highest BCUT2D eigenvalue weighted by atomic mass is 16.2. The van der Waals surface area contributed by atoms with Crippen LogP contribution in [0.4, 0.5) is 0 Å². The Bertz CT molecular complexity index is 550. The van der Waals surface area contributed by atoms with E-state index in [0.29, 0.717) is 13.0 Å². The highest BCUT2D eigenvalue weighted by molar-refractivity contribution is 5.85. The summed E-state index contributed by atoms with van der Waals surface area (Å²) >= 11 is 0. The van der Waals surface area contributed by atoms with E-state index in [-0.39, 0.29) is 35.8 Å². The Morgan fingerprint density at radius 1 is 1.08 bits per heavy atom. The number of fused-ring (bicyclic) bond motifs is 1. The zero-order valence-corrected chi connectivity index (χ0v) is 15.6.